The van der Waals surface area contributed by atoms with Crippen LogP contribution < -0.4 is 22.1 Å². The standard InChI is InChI=1S/C24H30N6S/c25-23(26)29-15-1-3-17-5-9-19(10-6-17)21-13-14-22(31-21)20-11-7-18(8-12-20)4-2-16-30-24(27)28/h5-14H,1-4,15-16H2,(H4,25,26,29)(H4,27,28,30). The van der Waals surface area contributed by atoms with Gasteiger partial charge in [0.1, 0.15) is 0 Å². The van der Waals surface area contributed by atoms with Crippen molar-refractivity contribution in [3.8, 4) is 20.9 Å². The molecule has 0 bridgehead atoms. The number of hydrogen-bond acceptors (Lipinski definition) is 3. The van der Waals surface area contributed by atoms with Crippen molar-refractivity contribution in [3.05, 3.63) is 71.8 Å². The Hall–Kier alpha value is -3.32. The van der Waals surface area contributed by atoms with Gasteiger partial charge in [-0.25, -0.2) is 0 Å². The van der Waals surface area contributed by atoms with Crippen LogP contribution in [0.4, 0.5) is 0 Å². The first-order chi connectivity index (χ1) is 15.0. The van der Waals surface area contributed by atoms with E-state index < -0.39 is 0 Å². The molecule has 1 aromatic heterocycles. The number of guanidine groups is 2. The molecule has 0 amide bonds. The molecule has 0 aliphatic rings. The summed E-state index contributed by atoms with van der Waals surface area (Å²) in [4.78, 5) is 2.53. The number of nitrogens with one attached hydrogen (secondary N) is 4. The Morgan fingerprint density at radius 3 is 1.39 bits per heavy atom. The highest BCUT2D eigenvalue weighted by Gasteiger charge is 2.06. The highest BCUT2D eigenvalue weighted by molar-refractivity contribution is 7.18. The Morgan fingerprint density at radius 2 is 1.03 bits per heavy atom. The minimum atomic E-state index is 0.0282. The molecule has 0 fully saturated rings. The zero-order valence-electron chi connectivity index (χ0n) is 17.6. The van der Waals surface area contributed by atoms with Crippen LogP contribution in [0, 0.1) is 10.8 Å². The second kappa shape index (κ2) is 11.2. The predicted octanol–water partition coefficient (Wildman–Crippen LogP) is 3.91. The van der Waals surface area contributed by atoms with Crippen LogP contribution in [0.5, 0.6) is 0 Å². The predicted molar refractivity (Wildman–Crippen MR) is 132 cm³/mol. The second-order valence-corrected chi connectivity index (χ2v) is 8.53. The zero-order chi connectivity index (χ0) is 22.1. The molecule has 162 valence electrons. The maximum absolute atomic E-state index is 7.18. The molecule has 3 rings (SSSR count). The van der Waals surface area contributed by atoms with Gasteiger partial charge in [-0.1, -0.05) is 48.5 Å². The van der Waals surface area contributed by atoms with Crippen LogP contribution in [0.2, 0.25) is 0 Å². The van der Waals surface area contributed by atoms with E-state index in [9.17, 15) is 0 Å². The molecule has 0 saturated carbocycles. The molecule has 31 heavy (non-hydrogen) atoms. The van der Waals surface area contributed by atoms with Gasteiger partial charge in [0, 0.05) is 22.8 Å². The topological polar surface area (TPSA) is 124 Å². The molecule has 0 saturated heterocycles. The van der Waals surface area contributed by atoms with Gasteiger partial charge >= 0.3 is 0 Å². The molecule has 0 atom stereocenters. The first kappa shape index (κ1) is 22.4. The van der Waals surface area contributed by atoms with Gasteiger partial charge in [-0.2, -0.15) is 0 Å². The molecule has 3 aromatic rings. The summed E-state index contributed by atoms with van der Waals surface area (Å²) >= 11 is 1.81. The van der Waals surface area contributed by atoms with Crippen LogP contribution in [0.3, 0.4) is 0 Å². The smallest absolute Gasteiger partial charge is 0.185 e. The number of nitrogens with two attached hydrogens (primary N) is 2. The molecule has 8 N–H and O–H groups in total. The van der Waals surface area contributed by atoms with Crippen LogP contribution >= 0.6 is 11.3 Å². The Morgan fingerprint density at radius 1 is 0.645 bits per heavy atom. The van der Waals surface area contributed by atoms with Crippen molar-refractivity contribution in [2.24, 2.45) is 11.5 Å². The van der Waals surface area contributed by atoms with E-state index in [0.29, 0.717) is 0 Å². The SMILES string of the molecule is N=C(N)NCCCc1ccc(-c2ccc(-c3ccc(CCCNC(=N)N)cc3)s2)cc1. The van der Waals surface area contributed by atoms with Gasteiger partial charge in [0.25, 0.3) is 0 Å². The molecular formula is C24H30N6S. The molecular weight excluding hydrogens is 404 g/mol. The number of hydrogen-bond donors (Lipinski definition) is 6. The maximum Gasteiger partial charge on any atom is 0.185 e. The van der Waals surface area contributed by atoms with Crippen LogP contribution in [-0.4, -0.2) is 25.0 Å². The lowest BCUT2D eigenvalue weighted by molar-refractivity contribution is 0.767. The van der Waals surface area contributed by atoms with E-state index in [4.69, 9.17) is 22.3 Å². The highest BCUT2D eigenvalue weighted by atomic mass is 32.1. The lowest BCUT2D eigenvalue weighted by Gasteiger charge is -2.05. The molecule has 6 nitrogen and oxygen atoms in total. The fraction of sp³-hybridized carbons (Fsp3) is 0.250. The van der Waals surface area contributed by atoms with Crippen molar-refractivity contribution in [1.82, 2.24) is 10.6 Å². The molecule has 1 heterocycles. The van der Waals surface area contributed by atoms with Gasteiger partial charge in [-0.05, 0) is 60.1 Å². The van der Waals surface area contributed by atoms with E-state index in [-0.39, 0.29) is 11.9 Å². The zero-order valence-corrected chi connectivity index (χ0v) is 18.4. The van der Waals surface area contributed by atoms with E-state index in [1.54, 1.807) is 11.3 Å². The van der Waals surface area contributed by atoms with Gasteiger partial charge in [-0.15, -0.1) is 11.3 Å². The minimum Gasteiger partial charge on any atom is -0.370 e. The van der Waals surface area contributed by atoms with Gasteiger partial charge < -0.3 is 22.1 Å². The Balaban J connectivity index is 1.54. The Kier molecular flexibility index (Phi) is 8.06. The third-order valence-electron chi connectivity index (χ3n) is 5.00. The van der Waals surface area contributed by atoms with Crippen molar-refractivity contribution < 1.29 is 0 Å². The van der Waals surface area contributed by atoms with E-state index in [1.807, 2.05) is 0 Å². The van der Waals surface area contributed by atoms with Gasteiger partial charge in [0.15, 0.2) is 11.9 Å². The lowest BCUT2D eigenvalue weighted by Crippen LogP contribution is -2.31. The van der Waals surface area contributed by atoms with Gasteiger partial charge in [0.05, 0.1) is 0 Å². The van der Waals surface area contributed by atoms with E-state index >= 15 is 0 Å². The Labute approximate surface area is 187 Å². The monoisotopic (exact) mass is 434 g/mol. The summed E-state index contributed by atoms with van der Waals surface area (Å²) in [7, 11) is 0. The summed E-state index contributed by atoms with van der Waals surface area (Å²) in [6.45, 7) is 1.44. The molecule has 0 aliphatic heterocycles. The van der Waals surface area contributed by atoms with Crippen molar-refractivity contribution in [2.75, 3.05) is 13.1 Å². The van der Waals surface area contributed by atoms with Gasteiger partial charge in [0.2, 0.25) is 0 Å². The molecule has 2 aromatic carbocycles. The van der Waals surface area contributed by atoms with E-state index in [0.717, 1.165) is 38.8 Å². The summed E-state index contributed by atoms with van der Waals surface area (Å²) in [5, 5.41) is 20.0. The number of rotatable bonds is 10. The van der Waals surface area contributed by atoms with Crippen LogP contribution in [0.1, 0.15) is 24.0 Å². The minimum absolute atomic E-state index is 0.0282. The molecule has 0 radical (unpaired) electrons. The summed E-state index contributed by atoms with van der Waals surface area (Å²) in [5.41, 5.74) is 15.7. The maximum atomic E-state index is 7.18. The van der Waals surface area contributed by atoms with Crippen LogP contribution in [0.25, 0.3) is 20.9 Å². The summed E-state index contributed by atoms with van der Waals surface area (Å²) < 4.78 is 0. The lowest BCUT2D eigenvalue weighted by atomic mass is 10.1. The number of thiophene rings is 1. The summed E-state index contributed by atoms with van der Waals surface area (Å²) in [6.07, 6.45) is 3.83. The third kappa shape index (κ3) is 7.15. The second-order valence-electron chi connectivity index (χ2n) is 7.45. The highest BCUT2D eigenvalue weighted by Crippen LogP contribution is 2.34. The normalized spacial score (nSPS) is 10.6. The van der Waals surface area contributed by atoms with Crippen LogP contribution in [-0.2, 0) is 12.8 Å². The largest absolute Gasteiger partial charge is 0.370 e. The van der Waals surface area contributed by atoms with Crippen molar-refractivity contribution in [1.29, 1.82) is 10.8 Å². The van der Waals surface area contributed by atoms with Crippen LogP contribution in [0.15, 0.2) is 60.7 Å². The average molecular weight is 435 g/mol. The first-order valence-corrected chi connectivity index (χ1v) is 11.3. The van der Waals surface area contributed by atoms with Crippen molar-refractivity contribution in [3.63, 3.8) is 0 Å². The van der Waals surface area contributed by atoms with E-state index in [2.05, 4.69) is 71.3 Å². The fourth-order valence-electron chi connectivity index (χ4n) is 3.35. The summed E-state index contributed by atoms with van der Waals surface area (Å²) in [5.74, 6) is 0.0564. The molecule has 7 heteroatoms. The summed E-state index contributed by atoms with van der Waals surface area (Å²) in [6, 6.07) is 21.8. The third-order valence-corrected chi connectivity index (χ3v) is 6.18. The van der Waals surface area contributed by atoms with Crippen molar-refractivity contribution in [2.45, 2.75) is 25.7 Å². The molecule has 0 aliphatic carbocycles. The molecule has 0 spiro atoms. The quantitative estimate of drug-likeness (QED) is 0.164. The fourth-order valence-corrected chi connectivity index (χ4v) is 4.37. The first-order valence-electron chi connectivity index (χ1n) is 10.5. The van der Waals surface area contributed by atoms with E-state index in [1.165, 1.54) is 32.0 Å². The molecule has 0 unspecified atom stereocenters. The number of benzene rings is 2. The van der Waals surface area contributed by atoms with Crippen molar-refractivity contribution >= 4 is 23.3 Å². The number of aryl methyl sites for hydroxylation is 2. The average Bonchev–Trinajstić information content (AvgIpc) is 3.25. The van der Waals surface area contributed by atoms with Gasteiger partial charge in [-0.3, -0.25) is 10.8 Å². The Bertz CT molecular complexity index is 912.